The maximum absolute atomic E-state index is 13.0. The Morgan fingerprint density at radius 1 is 0.786 bits per heavy atom. The monoisotopic (exact) mass is 553 g/mol. The van der Waals surface area contributed by atoms with Gasteiger partial charge in [-0.2, -0.15) is 5.26 Å². The molecule has 0 bridgehead atoms. The molecule has 0 spiro atoms. The highest BCUT2D eigenvalue weighted by molar-refractivity contribution is 5.85. The molecule has 0 saturated carbocycles. The summed E-state index contributed by atoms with van der Waals surface area (Å²) in [5.41, 5.74) is 12.3. The minimum absolute atomic E-state index is 0.357. The van der Waals surface area contributed by atoms with Crippen LogP contribution in [0.4, 0.5) is 5.69 Å². The number of nitriles is 1. The van der Waals surface area contributed by atoms with Crippen LogP contribution in [0.15, 0.2) is 127 Å². The van der Waals surface area contributed by atoms with Gasteiger partial charge in [-0.25, -0.2) is 0 Å². The van der Waals surface area contributed by atoms with Crippen LogP contribution in [-0.2, 0) is 17.9 Å². The predicted octanol–water partition coefficient (Wildman–Crippen LogP) is 7.05. The average molecular weight is 554 g/mol. The van der Waals surface area contributed by atoms with Crippen LogP contribution < -0.4 is 20.1 Å². The Kier molecular flexibility index (Phi) is 8.81. The number of primary amides is 1. The van der Waals surface area contributed by atoms with Crippen molar-refractivity contribution in [2.24, 2.45) is 5.73 Å². The molecule has 208 valence electrons. The van der Waals surface area contributed by atoms with E-state index in [0.717, 1.165) is 27.9 Å². The summed E-state index contributed by atoms with van der Waals surface area (Å²) in [5, 5.41) is 9.27. The summed E-state index contributed by atoms with van der Waals surface area (Å²) in [4.78, 5) is 14.9. The van der Waals surface area contributed by atoms with E-state index in [9.17, 15) is 10.1 Å². The smallest absolute Gasteiger partial charge is 0.244 e. The van der Waals surface area contributed by atoms with Crippen molar-refractivity contribution >= 4 is 11.6 Å². The van der Waals surface area contributed by atoms with Gasteiger partial charge in [0.2, 0.25) is 5.91 Å². The summed E-state index contributed by atoms with van der Waals surface area (Å²) >= 11 is 0. The van der Waals surface area contributed by atoms with Gasteiger partial charge in [-0.05, 0) is 64.2 Å². The number of nitrogens with zero attached hydrogens (tertiary/aromatic N) is 2. The molecule has 0 fully saturated rings. The largest absolute Gasteiger partial charge is 0.493 e. The normalized spacial score (nSPS) is 11.2. The minimum atomic E-state index is -0.799. The van der Waals surface area contributed by atoms with E-state index in [1.807, 2.05) is 89.8 Å². The molecule has 0 heterocycles. The molecule has 1 atom stereocenters. The zero-order valence-electron chi connectivity index (χ0n) is 23.3. The van der Waals surface area contributed by atoms with Crippen LogP contribution in [0.1, 0.15) is 28.3 Å². The Balaban J connectivity index is 1.40. The highest BCUT2D eigenvalue weighted by atomic mass is 16.5. The van der Waals surface area contributed by atoms with Crippen molar-refractivity contribution < 1.29 is 14.3 Å². The zero-order valence-corrected chi connectivity index (χ0v) is 23.3. The zero-order chi connectivity index (χ0) is 29.3. The Bertz CT molecular complexity index is 1660. The quantitative estimate of drug-likeness (QED) is 0.189. The molecule has 0 aromatic heterocycles. The maximum Gasteiger partial charge on any atom is 0.244 e. The Morgan fingerprint density at radius 2 is 1.43 bits per heavy atom. The van der Waals surface area contributed by atoms with Gasteiger partial charge in [0.05, 0.1) is 18.7 Å². The molecular formula is C36H31N3O3. The second kappa shape index (κ2) is 13.2. The van der Waals surface area contributed by atoms with Gasteiger partial charge in [0.25, 0.3) is 0 Å². The van der Waals surface area contributed by atoms with Crippen LogP contribution in [0.2, 0.25) is 0 Å². The van der Waals surface area contributed by atoms with Crippen LogP contribution in [0.3, 0.4) is 0 Å². The summed E-state index contributed by atoms with van der Waals surface area (Å²) < 4.78 is 11.8. The SMILES string of the molecule is COc1cc(C(C(N)=O)N(Cc2ccccc2)c2ccc(C#N)cc2)ccc1OCc1ccc(-c2ccccc2)cc1. The van der Waals surface area contributed by atoms with E-state index < -0.39 is 11.9 Å². The molecule has 0 saturated heterocycles. The molecule has 6 heteroatoms. The van der Waals surface area contributed by atoms with E-state index in [2.05, 4.69) is 30.3 Å². The number of amides is 1. The molecule has 0 aliphatic rings. The van der Waals surface area contributed by atoms with Crippen LogP contribution in [0.5, 0.6) is 11.5 Å². The fraction of sp³-hybridized carbons (Fsp3) is 0.111. The first-order chi connectivity index (χ1) is 20.6. The molecule has 2 N–H and O–H groups in total. The lowest BCUT2D eigenvalue weighted by Crippen LogP contribution is -2.37. The van der Waals surface area contributed by atoms with Crippen molar-refractivity contribution in [1.29, 1.82) is 5.26 Å². The van der Waals surface area contributed by atoms with E-state index in [4.69, 9.17) is 15.2 Å². The van der Waals surface area contributed by atoms with Crippen LogP contribution in [0.25, 0.3) is 11.1 Å². The Hall–Kier alpha value is -5.54. The molecule has 1 amide bonds. The van der Waals surface area contributed by atoms with Crippen molar-refractivity contribution in [3.63, 3.8) is 0 Å². The maximum atomic E-state index is 13.0. The number of nitrogens with two attached hydrogens (primary N) is 1. The molecule has 6 nitrogen and oxygen atoms in total. The molecule has 5 aromatic carbocycles. The second-order valence-corrected chi connectivity index (χ2v) is 9.84. The highest BCUT2D eigenvalue weighted by Crippen LogP contribution is 2.35. The average Bonchev–Trinajstić information content (AvgIpc) is 3.04. The van der Waals surface area contributed by atoms with Gasteiger partial charge in [-0.1, -0.05) is 91.0 Å². The molecule has 42 heavy (non-hydrogen) atoms. The number of carbonyl (C=O) groups excluding carboxylic acids is 1. The van der Waals surface area contributed by atoms with E-state index >= 15 is 0 Å². The number of methoxy groups -OCH3 is 1. The third-order valence-corrected chi connectivity index (χ3v) is 7.06. The van der Waals surface area contributed by atoms with Crippen molar-refractivity contribution in [2.45, 2.75) is 19.2 Å². The first-order valence-corrected chi connectivity index (χ1v) is 13.6. The first-order valence-electron chi connectivity index (χ1n) is 13.6. The van der Waals surface area contributed by atoms with Gasteiger partial charge in [-0.15, -0.1) is 0 Å². The third kappa shape index (κ3) is 6.60. The van der Waals surface area contributed by atoms with E-state index in [0.29, 0.717) is 35.8 Å². The molecule has 5 rings (SSSR count). The van der Waals surface area contributed by atoms with Crippen LogP contribution in [0, 0.1) is 11.3 Å². The number of hydrogen-bond acceptors (Lipinski definition) is 5. The van der Waals surface area contributed by atoms with Crippen LogP contribution in [-0.4, -0.2) is 13.0 Å². The fourth-order valence-corrected chi connectivity index (χ4v) is 4.90. The minimum Gasteiger partial charge on any atom is -0.493 e. The predicted molar refractivity (Wildman–Crippen MR) is 165 cm³/mol. The van der Waals surface area contributed by atoms with E-state index in [-0.39, 0.29) is 0 Å². The molecular weight excluding hydrogens is 522 g/mol. The fourth-order valence-electron chi connectivity index (χ4n) is 4.90. The standard InChI is InChI=1S/C36H31N3O3/c1-41-34-22-31(18-21-33(34)42-25-28-12-16-30(17-13-28)29-10-6-3-7-11-29)35(36(38)40)39(24-27-8-4-2-5-9-27)32-19-14-26(23-37)15-20-32/h2-22,35H,24-25H2,1H3,(H2,38,40). The summed E-state index contributed by atoms with van der Waals surface area (Å²) in [6.07, 6.45) is 0. The summed E-state index contributed by atoms with van der Waals surface area (Å²) in [6, 6.07) is 42.2. The van der Waals surface area contributed by atoms with Crippen molar-refractivity contribution in [3.05, 3.63) is 150 Å². The number of anilines is 1. The van der Waals surface area contributed by atoms with Crippen molar-refractivity contribution in [3.8, 4) is 28.7 Å². The van der Waals surface area contributed by atoms with Gasteiger partial charge in [0.1, 0.15) is 12.6 Å². The Morgan fingerprint density at radius 3 is 2.05 bits per heavy atom. The van der Waals surface area contributed by atoms with Gasteiger partial charge >= 0.3 is 0 Å². The molecule has 0 radical (unpaired) electrons. The van der Waals surface area contributed by atoms with Gasteiger partial charge in [-0.3, -0.25) is 4.79 Å². The number of rotatable bonds is 11. The van der Waals surface area contributed by atoms with Gasteiger partial charge < -0.3 is 20.1 Å². The number of hydrogen-bond donors (Lipinski definition) is 1. The first kappa shape index (κ1) is 28.0. The van der Waals surface area contributed by atoms with Crippen LogP contribution >= 0.6 is 0 Å². The van der Waals surface area contributed by atoms with E-state index in [1.165, 1.54) is 0 Å². The molecule has 5 aromatic rings. The summed E-state index contributed by atoms with van der Waals surface area (Å²) in [5.74, 6) is 0.549. The number of ether oxygens (including phenoxy) is 2. The van der Waals surface area contributed by atoms with Crippen molar-refractivity contribution in [2.75, 3.05) is 12.0 Å². The highest BCUT2D eigenvalue weighted by Gasteiger charge is 2.28. The molecule has 0 aliphatic carbocycles. The van der Waals surface area contributed by atoms with Gasteiger partial charge in [0.15, 0.2) is 11.5 Å². The second-order valence-electron chi connectivity index (χ2n) is 9.84. The Labute approximate surface area is 246 Å². The topological polar surface area (TPSA) is 88.6 Å². The lowest BCUT2D eigenvalue weighted by atomic mass is 10.0. The lowest BCUT2D eigenvalue weighted by Gasteiger charge is -2.32. The molecule has 0 aliphatic heterocycles. The summed E-state index contributed by atoms with van der Waals surface area (Å²) in [7, 11) is 1.57. The van der Waals surface area contributed by atoms with Gasteiger partial charge in [0, 0.05) is 12.2 Å². The molecule has 1 unspecified atom stereocenters. The third-order valence-electron chi connectivity index (χ3n) is 7.06. The summed E-state index contributed by atoms with van der Waals surface area (Å²) in [6.45, 7) is 0.787. The number of benzene rings is 5. The number of carbonyl (C=O) groups is 1. The van der Waals surface area contributed by atoms with E-state index in [1.54, 1.807) is 25.3 Å². The lowest BCUT2D eigenvalue weighted by molar-refractivity contribution is -0.119. The van der Waals surface area contributed by atoms with Crippen molar-refractivity contribution in [1.82, 2.24) is 0 Å².